The van der Waals surface area contributed by atoms with E-state index in [1.54, 1.807) is 37.4 Å². The van der Waals surface area contributed by atoms with Crippen LogP contribution in [0.3, 0.4) is 0 Å². The third-order valence-electron chi connectivity index (χ3n) is 6.66. The number of rotatable bonds is 2. The highest BCUT2D eigenvalue weighted by Crippen LogP contribution is 2.45. The van der Waals surface area contributed by atoms with Gasteiger partial charge < -0.3 is 9.88 Å². The maximum Gasteiger partial charge on any atom is 0.331 e. The lowest BCUT2D eigenvalue weighted by atomic mass is 9.99. The van der Waals surface area contributed by atoms with Crippen molar-refractivity contribution in [3.05, 3.63) is 117 Å². The molecule has 0 fully saturated rings. The number of hydrogen-bond acceptors (Lipinski definition) is 3. The fourth-order valence-corrected chi connectivity index (χ4v) is 5.03. The molecular weight excluding hydrogens is 450 g/mol. The van der Waals surface area contributed by atoms with Crippen molar-refractivity contribution in [2.24, 2.45) is 14.1 Å². The predicted molar refractivity (Wildman–Crippen MR) is 131 cm³/mol. The molecule has 2 aromatic heterocycles. The molecule has 1 atom stereocenters. The van der Waals surface area contributed by atoms with E-state index in [1.807, 2.05) is 28.8 Å². The van der Waals surface area contributed by atoms with E-state index in [4.69, 9.17) is 0 Å². The Kier molecular flexibility index (Phi) is 4.54. The second kappa shape index (κ2) is 7.53. The number of benzene rings is 3. The van der Waals surface area contributed by atoms with E-state index in [1.165, 1.54) is 29.8 Å². The molecule has 6 rings (SSSR count). The fourth-order valence-electron chi connectivity index (χ4n) is 5.03. The monoisotopic (exact) mass is 470 g/mol. The molecule has 1 aliphatic heterocycles. The first-order chi connectivity index (χ1) is 16.9. The Hall–Kier alpha value is -4.46. The van der Waals surface area contributed by atoms with Crippen LogP contribution in [0.5, 0.6) is 0 Å². The summed E-state index contributed by atoms with van der Waals surface area (Å²) in [6.07, 6.45) is 0. The Labute approximate surface area is 198 Å². The number of fused-ring (bicyclic) bond motifs is 5. The highest BCUT2D eigenvalue weighted by molar-refractivity contribution is 5.99. The van der Waals surface area contributed by atoms with Gasteiger partial charge in [0.1, 0.15) is 11.6 Å². The smallest absolute Gasteiger partial charge is 0.331 e. The number of hydrogen-bond donors (Lipinski definition) is 1. The van der Waals surface area contributed by atoms with Crippen LogP contribution in [0.15, 0.2) is 82.4 Å². The van der Waals surface area contributed by atoms with Crippen molar-refractivity contribution >= 4 is 16.6 Å². The number of nitrogens with zero attached hydrogens (tertiary/aromatic N) is 3. The van der Waals surface area contributed by atoms with E-state index < -0.39 is 23.1 Å². The molecule has 0 radical (unpaired) electrons. The highest BCUT2D eigenvalue weighted by atomic mass is 19.1. The van der Waals surface area contributed by atoms with Crippen molar-refractivity contribution in [3.8, 4) is 16.9 Å². The van der Waals surface area contributed by atoms with Crippen LogP contribution in [0.25, 0.3) is 27.8 Å². The summed E-state index contributed by atoms with van der Waals surface area (Å²) in [6.45, 7) is 0. The second-order valence-electron chi connectivity index (χ2n) is 8.62. The van der Waals surface area contributed by atoms with Crippen molar-refractivity contribution in [2.75, 3.05) is 5.32 Å². The van der Waals surface area contributed by atoms with Crippen molar-refractivity contribution < 1.29 is 8.78 Å². The topological polar surface area (TPSA) is 61.0 Å². The molecular formula is C27H20F2N4O2. The molecule has 0 spiro atoms. The molecule has 0 amide bonds. The third-order valence-corrected chi connectivity index (χ3v) is 6.66. The van der Waals surface area contributed by atoms with E-state index in [9.17, 15) is 14.0 Å². The van der Waals surface area contributed by atoms with Crippen LogP contribution in [0.4, 0.5) is 14.5 Å². The average molecular weight is 470 g/mol. The van der Waals surface area contributed by atoms with Crippen LogP contribution < -0.4 is 16.6 Å². The summed E-state index contributed by atoms with van der Waals surface area (Å²) < 4.78 is 33.3. The molecule has 5 aromatic rings. The van der Waals surface area contributed by atoms with E-state index in [0.29, 0.717) is 22.6 Å². The lowest BCUT2D eigenvalue weighted by molar-refractivity contribution is 0.626. The van der Waals surface area contributed by atoms with Crippen LogP contribution in [-0.2, 0) is 14.1 Å². The van der Waals surface area contributed by atoms with E-state index >= 15 is 4.39 Å². The van der Waals surface area contributed by atoms with Crippen LogP contribution >= 0.6 is 0 Å². The summed E-state index contributed by atoms with van der Waals surface area (Å²) in [4.78, 5) is 26.6. The molecule has 3 heterocycles. The summed E-state index contributed by atoms with van der Waals surface area (Å²) in [7, 11) is 3.01. The Bertz CT molecular complexity index is 1760. The fraction of sp³-hybridized carbons (Fsp3) is 0.111. The first-order valence-corrected chi connectivity index (χ1v) is 11.1. The average Bonchev–Trinajstić information content (AvgIpc) is 3.23. The number of aromatic nitrogens is 3. The molecule has 0 aliphatic carbocycles. The normalized spacial score (nSPS) is 14.5. The minimum absolute atomic E-state index is 0.236. The number of anilines is 1. The van der Waals surface area contributed by atoms with Gasteiger partial charge in [-0.25, -0.2) is 13.6 Å². The zero-order valence-electron chi connectivity index (χ0n) is 18.9. The molecule has 8 heteroatoms. The van der Waals surface area contributed by atoms with Crippen LogP contribution in [0, 0.1) is 11.6 Å². The van der Waals surface area contributed by atoms with Gasteiger partial charge in [0, 0.05) is 19.7 Å². The van der Waals surface area contributed by atoms with Crippen molar-refractivity contribution in [3.63, 3.8) is 0 Å². The lowest BCUT2D eigenvalue weighted by Crippen LogP contribution is -2.37. The highest BCUT2D eigenvalue weighted by Gasteiger charge is 2.35. The molecule has 3 aromatic carbocycles. The summed E-state index contributed by atoms with van der Waals surface area (Å²) in [5.74, 6) is -0.863. The van der Waals surface area contributed by atoms with Crippen LogP contribution in [-0.4, -0.2) is 13.7 Å². The van der Waals surface area contributed by atoms with Gasteiger partial charge in [0.25, 0.3) is 5.56 Å². The second-order valence-corrected chi connectivity index (χ2v) is 8.62. The summed E-state index contributed by atoms with van der Waals surface area (Å²) >= 11 is 0. The van der Waals surface area contributed by atoms with Gasteiger partial charge in [0.2, 0.25) is 0 Å². The van der Waals surface area contributed by atoms with E-state index in [-0.39, 0.29) is 16.8 Å². The van der Waals surface area contributed by atoms with E-state index in [0.717, 1.165) is 15.8 Å². The van der Waals surface area contributed by atoms with Gasteiger partial charge in [-0.2, -0.15) is 0 Å². The largest absolute Gasteiger partial charge is 0.371 e. The summed E-state index contributed by atoms with van der Waals surface area (Å²) in [6, 6.07) is 19.3. The molecule has 174 valence electrons. The minimum Gasteiger partial charge on any atom is -0.371 e. The van der Waals surface area contributed by atoms with Crippen LogP contribution in [0.1, 0.15) is 17.3 Å². The third kappa shape index (κ3) is 2.92. The maximum atomic E-state index is 15.3. The van der Waals surface area contributed by atoms with Gasteiger partial charge >= 0.3 is 5.69 Å². The van der Waals surface area contributed by atoms with Gasteiger partial charge in [0.15, 0.2) is 0 Å². The number of nitrogens with one attached hydrogen (secondary N) is 1. The van der Waals surface area contributed by atoms with Crippen LogP contribution in [0.2, 0.25) is 0 Å². The standard InChI is InChI=1S/C27H20F2N4O2/c1-31-24-21(26(34)32(2)27(31)35)23(17-7-3-4-8-18(17)29)33-20-10-6-5-9-19(20)30-22(25(24)33)15-11-13-16(28)14-12-15/h3-14,22,30H,1-2H3/t22-/m0/s1. The van der Waals surface area contributed by atoms with Crippen molar-refractivity contribution in [1.29, 1.82) is 0 Å². The number of halogens is 2. The first kappa shape index (κ1) is 21.1. The summed E-state index contributed by atoms with van der Waals surface area (Å²) in [5.41, 5.74) is 2.80. The molecule has 0 saturated carbocycles. The van der Waals surface area contributed by atoms with E-state index in [2.05, 4.69) is 5.32 Å². The van der Waals surface area contributed by atoms with Gasteiger partial charge in [-0.1, -0.05) is 36.4 Å². The Morgan fingerprint density at radius 2 is 1.51 bits per heavy atom. The zero-order valence-corrected chi connectivity index (χ0v) is 18.9. The maximum absolute atomic E-state index is 15.3. The Balaban J connectivity index is 1.88. The zero-order chi connectivity index (χ0) is 24.4. The quantitative estimate of drug-likeness (QED) is 0.414. The summed E-state index contributed by atoms with van der Waals surface area (Å²) in [5, 5.41) is 3.72. The van der Waals surface area contributed by atoms with Gasteiger partial charge in [-0.15, -0.1) is 0 Å². The molecule has 1 N–H and O–H groups in total. The molecule has 0 unspecified atom stereocenters. The number of para-hydroxylation sites is 2. The molecule has 0 saturated heterocycles. The van der Waals surface area contributed by atoms with Gasteiger partial charge in [-0.3, -0.25) is 13.9 Å². The Morgan fingerprint density at radius 3 is 2.26 bits per heavy atom. The lowest BCUT2D eigenvalue weighted by Gasteiger charge is -2.31. The SMILES string of the molecule is Cn1c(=O)c2c(-c3ccccc3F)n3c(c2n(C)c1=O)[C@H](c1ccc(F)cc1)Nc1ccccc1-3. The molecule has 0 bridgehead atoms. The van der Waals surface area contributed by atoms with Crippen molar-refractivity contribution in [1.82, 2.24) is 13.7 Å². The first-order valence-electron chi connectivity index (χ1n) is 11.1. The molecule has 1 aliphatic rings. The predicted octanol–water partition coefficient (Wildman–Crippen LogP) is 4.49. The van der Waals surface area contributed by atoms with Gasteiger partial charge in [0.05, 0.1) is 39.7 Å². The number of aryl methyl sites for hydroxylation is 1. The molecule has 6 nitrogen and oxygen atoms in total. The Morgan fingerprint density at radius 1 is 0.829 bits per heavy atom. The minimum atomic E-state index is -0.536. The van der Waals surface area contributed by atoms with Crippen molar-refractivity contribution in [2.45, 2.75) is 6.04 Å². The molecule has 35 heavy (non-hydrogen) atoms. The van der Waals surface area contributed by atoms with Gasteiger partial charge in [-0.05, 0) is 42.0 Å².